The van der Waals surface area contributed by atoms with Gasteiger partial charge in [0.25, 0.3) is 15.9 Å². The van der Waals surface area contributed by atoms with E-state index in [0.29, 0.717) is 62.2 Å². The van der Waals surface area contributed by atoms with Gasteiger partial charge in [-0.15, -0.1) is 0 Å². The maximum atomic E-state index is 13.8. The number of hydrogen-bond donors (Lipinski definition) is 1. The standard InChI is InChI=1S/C39H48ClN3O8S/c1-42(29-13-19-48-20-14-29)37(45)51-34-6-3-18-50-39(16-4-17-39)36(44)41-52(46,47)30-9-12-35-33(22-30)43(23-27-7-10-31(27)34)24-38(25-49-35)15-2-5-26-21-28(40)8-11-32(26)38/h3,6,8-9,11-12,21-22,27,29,31,34H,2,4-5,7,10,13-20,23-25H2,1H3,(H,41,44)/b6-3+/t27-,31+,34-,38-/m0/s1. The van der Waals surface area contributed by atoms with Gasteiger partial charge in [0.2, 0.25) is 0 Å². The molecular formula is C39H48ClN3O8S. The number of fused-ring (bicyclic) bond motifs is 4. The molecule has 3 fully saturated rings. The normalized spacial score (nSPS) is 30.3. The summed E-state index contributed by atoms with van der Waals surface area (Å²) in [6.07, 6.45) is 10.6. The summed E-state index contributed by atoms with van der Waals surface area (Å²) in [6.45, 7) is 2.97. The molecule has 4 atom stereocenters. The second kappa shape index (κ2) is 14.2. The molecule has 280 valence electrons. The van der Waals surface area contributed by atoms with Crippen molar-refractivity contribution in [1.29, 1.82) is 0 Å². The summed E-state index contributed by atoms with van der Waals surface area (Å²) in [5, 5.41) is 0.707. The van der Waals surface area contributed by atoms with Crippen LogP contribution in [0.15, 0.2) is 53.4 Å². The summed E-state index contributed by atoms with van der Waals surface area (Å²) in [4.78, 5) is 31.2. The Kier molecular flexibility index (Phi) is 9.72. The fraction of sp³-hybridized carbons (Fsp3) is 0.590. The van der Waals surface area contributed by atoms with E-state index in [2.05, 4.69) is 21.8 Å². The third-order valence-corrected chi connectivity index (χ3v) is 14.1. The van der Waals surface area contributed by atoms with E-state index in [1.807, 2.05) is 18.2 Å². The molecule has 2 saturated carbocycles. The summed E-state index contributed by atoms with van der Waals surface area (Å²) in [5.74, 6) is 0.114. The van der Waals surface area contributed by atoms with Crippen LogP contribution in [0.25, 0.3) is 0 Å². The lowest BCUT2D eigenvalue weighted by Gasteiger charge is -2.46. The highest BCUT2D eigenvalue weighted by Crippen LogP contribution is 2.47. The molecule has 52 heavy (non-hydrogen) atoms. The molecule has 3 aliphatic carbocycles. The largest absolute Gasteiger partial charge is 0.490 e. The van der Waals surface area contributed by atoms with Crippen molar-refractivity contribution in [2.45, 2.75) is 92.3 Å². The average molecular weight is 754 g/mol. The average Bonchev–Trinajstić information content (AvgIpc) is 3.25. The number of aryl methyl sites for hydroxylation is 1. The summed E-state index contributed by atoms with van der Waals surface area (Å²) in [7, 11) is -2.42. The highest BCUT2D eigenvalue weighted by molar-refractivity contribution is 7.90. The van der Waals surface area contributed by atoms with E-state index in [9.17, 15) is 18.0 Å². The Balaban J connectivity index is 1.16. The third kappa shape index (κ3) is 6.69. The number of carbonyl (C=O) groups excluding carboxylic acids is 2. The number of anilines is 1. The van der Waals surface area contributed by atoms with Crippen molar-refractivity contribution in [3.8, 4) is 5.75 Å². The zero-order valence-electron chi connectivity index (χ0n) is 29.7. The first-order chi connectivity index (χ1) is 25.1. The van der Waals surface area contributed by atoms with E-state index in [1.165, 1.54) is 17.2 Å². The first-order valence-corrected chi connectivity index (χ1v) is 20.6. The lowest BCUT2D eigenvalue weighted by molar-refractivity contribution is -0.155. The van der Waals surface area contributed by atoms with Gasteiger partial charge in [-0.3, -0.25) is 4.79 Å². The summed E-state index contributed by atoms with van der Waals surface area (Å²) < 4.78 is 54.5. The Hall–Kier alpha value is -3.32. The Bertz CT molecular complexity index is 1840. The summed E-state index contributed by atoms with van der Waals surface area (Å²) >= 11 is 6.46. The Morgan fingerprint density at radius 1 is 1.06 bits per heavy atom. The minimum Gasteiger partial charge on any atom is -0.490 e. The van der Waals surface area contributed by atoms with Gasteiger partial charge in [0.1, 0.15) is 17.5 Å². The Morgan fingerprint density at radius 3 is 2.63 bits per heavy atom. The van der Waals surface area contributed by atoms with Crippen LogP contribution >= 0.6 is 11.6 Å². The van der Waals surface area contributed by atoms with Crippen LogP contribution in [-0.2, 0) is 40.9 Å². The van der Waals surface area contributed by atoms with E-state index in [1.54, 1.807) is 24.1 Å². The molecule has 2 aromatic rings. The number of amides is 2. The zero-order valence-corrected chi connectivity index (χ0v) is 31.3. The number of halogens is 1. The smallest absolute Gasteiger partial charge is 0.410 e. The number of nitrogens with one attached hydrogen (secondary N) is 1. The molecule has 1 N–H and O–H groups in total. The number of rotatable bonds is 2. The number of carbonyl (C=O) groups is 2. The van der Waals surface area contributed by atoms with Crippen LogP contribution in [0.2, 0.25) is 5.02 Å². The molecule has 2 bridgehead atoms. The zero-order chi connectivity index (χ0) is 36.1. The number of sulfonamides is 1. The molecule has 0 aromatic heterocycles. The first-order valence-electron chi connectivity index (χ1n) is 18.8. The number of benzene rings is 2. The van der Waals surface area contributed by atoms with Crippen LogP contribution in [0.4, 0.5) is 10.5 Å². The lowest BCUT2D eigenvalue weighted by Crippen LogP contribution is -2.55. The van der Waals surface area contributed by atoms with Crippen LogP contribution < -0.4 is 14.4 Å². The topological polar surface area (TPSA) is 124 Å². The van der Waals surface area contributed by atoms with Crippen LogP contribution in [0, 0.1) is 11.8 Å². The molecule has 13 heteroatoms. The Labute approximate surface area is 311 Å². The van der Waals surface area contributed by atoms with Gasteiger partial charge < -0.3 is 28.7 Å². The quantitative estimate of drug-likeness (QED) is 0.381. The van der Waals surface area contributed by atoms with Gasteiger partial charge in [0.15, 0.2) is 0 Å². The second-order valence-corrected chi connectivity index (χ2v) is 17.7. The molecule has 11 nitrogen and oxygen atoms in total. The van der Waals surface area contributed by atoms with E-state index in [4.69, 9.17) is 30.5 Å². The van der Waals surface area contributed by atoms with Gasteiger partial charge in [-0.2, -0.15) is 0 Å². The number of hydrogen-bond acceptors (Lipinski definition) is 9. The Morgan fingerprint density at radius 2 is 1.88 bits per heavy atom. The molecule has 0 unspecified atom stereocenters. The van der Waals surface area contributed by atoms with Crippen LogP contribution in [-0.4, -0.2) is 89.6 Å². The van der Waals surface area contributed by atoms with Gasteiger partial charge >= 0.3 is 6.09 Å². The van der Waals surface area contributed by atoms with Gasteiger partial charge in [-0.1, -0.05) is 23.7 Å². The van der Waals surface area contributed by atoms with Crippen molar-refractivity contribution < 1.29 is 37.0 Å². The van der Waals surface area contributed by atoms with Crippen molar-refractivity contribution in [1.82, 2.24) is 9.62 Å². The van der Waals surface area contributed by atoms with Crippen molar-refractivity contribution in [2.75, 3.05) is 51.5 Å². The van der Waals surface area contributed by atoms with Crippen LogP contribution in [0.5, 0.6) is 5.75 Å². The monoisotopic (exact) mass is 753 g/mol. The number of ether oxygens (including phenoxy) is 4. The van der Waals surface area contributed by atoms with E-state index in [-0.39, 0.29) is 40.9 Å². The van der Waals surface area contributed by atoms with Gasteiger partial charge in [0, 0.05) is 55.7 Å². The van der Waals surface area contributed by atoms with Gasteiger partial charge in [0.05, 0.1) is 23.8 Å². The molecule has 2 aromatic carbocycles. The molecule has 3 aliphatic heterocycles. The summed E-state index contributed by atoms with van der Waals surface area (Å²) in [5.41, 5.74) is 1.51. The van der Waals surface area contributed by atoms with Crippen LogP contribution in [0.1, 0.15) is 68.9 Å². The molecule has 1 saturated heterocycles. The lowest BCUT2D eigenvalue weighted by atomic mass is 9.68. The fourth-order valence-corrected chi connectivity index (χ4v) is 10.4. The third-order valence-electron chi connectivity index (χ3n) is 12.5. The molecule has 6 aliphatic rings. The maximum absolute atomic E-state index is 13.8. The first kappa shape index (κ1) is 35.7. The predicted molar refractivity (Wildman–Crippen MR) is 195 cm³/mol. The molecule has 3 heterocycles. The van der Waals surface area contributed by atoms with Crippen molar-refractivity contribution in [3.05, 3.63) is 64.7 Å². The van der Waals surface area contributed by atoms with Crippen molar-refractivity contribution in [2.24, 2.45) is 11.8 Å². The minimum atomic E-state index is -4.22. The van der Waals surface area contributed by atoms with Crippen molar-refractivity contribution >= 4 is 39.3 Å². The fourth-order valence-electron chi connectivity index (χ4n) is 9.09. The van der Waals surface area contributed by atoms with E-state index >= 15 is 0 Å². The molecule has 0 radical (unpaired) electrons. The predicted octanol–water partition coefficient (Wildman–Crippen LogP) is 5.77. The van der Waals surface area contributed by atoms with E-state index in [0.717, 1.165) is 51.4 Å². The van der Waals surface area contributed by atoms with Crippen molar-refractivity contribution in [3.63, 3.8) is 0 Å². The number of nitrogens with zero attached hydrogens (tertiary/aromatic N) is 2. The summed E-state index contributed by atoms with van der Waals surface area (Å²) in [6, 6.07) is 11.0. The van der Waals surface area contributed by atoms with Gasteiger partial charge in [-0.05, 0) is 118 Å². The van der Waals surface area contributed by atoms with E-state index < -0.39 is 27.6 Å². The maximum Gasteiger partial charge on any atom is 0.410 e. The van der Waals surface area contributed by atoms with Gasteiger partial charge in [-0.25, -0.2) is 17.9 Å². The molecule has 8 rings (SSSR count). The minimum absolute atomic E-state index is 0.00504. The molecular weight excluding hydrogens is 706 g/mol. The highest BCUT2D eigenvalue weighted by Gasteiger charge is 2.48. The SMILES string of the molecule is CN(C(=O)O[C@H]1/C=C/COC2(CCC2)C(=O)NS(=O)(=O)c2ccc3c(c2)N(C[C@@H]2CC[C@H]21)C[C@@]1(CCCc2cc(Cl)ccc21)CO3)C1CCOCC1. The molecule has 2 spiro atoms. The highest BCUT2D eigenvalue weighted by atomic mass is 35.5. The molecule has 2 amide bonds. The second-order valence-electron chi connectivity index (χ2n) is 15.6. The van der Waals surface area contributed by atoms with Crippen LogP contribution in [0.3, 0.4) is 0 Å².